The van der Waals surface area contributed by atoms with Crippen LogP contribution in [-0.4, -0.2) is 15.8 Å². The summed E-state index contributed by atoms with van der Waals surface area (Å²) in [6.07, 6.45) is 0.981. The number of hydrogen-bond donors (Lipinski definition) is 1. The van der Waals surface area contributed by atoms with E-state index in [0.29, 0.717) is 15.2 Å². The van der Waals surface area contributed by atoms with Gasteiger partial charge in [0.15, 0.2) is 0 Å². The lowest BCUT2D eigenvalue weighted by Gasteiger charge is -2.09. The fraction of sp³-hybridized carbons (Fsp3) is 0. The standard InChI is InChI=1S/C12H6BrCl2N3O3/c13-10-8(14)2-1-3-9(10)17-12(19)7-4-6(18(20)21)5-16-11(7)15/h1-5H,(H,17,19). The van der Waals surface area contributed by atoms with E-state index in [2.05, 4.69) is 26.2 Å². The van der Waals surface area contributed by atoms with Gasteiger partial charge in [0.05, 0.1) is 25.7 Å². The van der Waals surface area contributed by atoms with E-state index >= 15 is 0 Å². The third kappa shape index (κ3) is 3.49. The van der Waals surface area contributed by atoms with Crippen LogP contribution in [0.3, 0.4) is 0 Å². The predicted molar refractivity (Wildman–Crippen MR) is 83.0 cm³/mol. The summed E-state index contributed by atoms with van der Waals surface area (Å²) in [7, 11) is 0. The zero-order valence-electron chi connectivity index (χ0n) is 10.1. The van der Waals surface area contributed by atoms with Crippen LogP contribution in [0.5, 0.6) is 0 Å². The molecule has 0 fully saturated rings. The largest absolute Gasteiger partial charge is 0.321 e. The quantitative estimate of drug-likeness (QED) is 0.480. The van der Waals surface area contributed by atoms with Gasteiger partial charge in [0, 0.05) is 6.07 Å². The van der Waals surface area contributed by atoms with Crippen LogP contribution >= 0.6 is 39.1 Å². The number of pyridine rings is 1. The maximum absolute atomic E-state index is 12.2. The number of nitro groups is 1. The molecule has 6 nitrogen and oxygen atoms in total. The number of aromatic nitrogens is 1. The van der Waals surface area contributed by atoms with E-state index < -0.39 is 10.8 Å². The van der Waals surface area contributed by atoms with Crippen molar-refractivity contribution in [3.63, 3.8) is 0 Å². The molecule has 0 bridgehead atoms. The Balaban J connectivity index is 2.34. The second kappa shape index (κ2) is 6.38. The molecule has 0 aliphatic rings. The number of carbonyl (C=O) groups is 1. The van der Waals surface area contributed by atoms with Crippen LogP contribution in [0.25, 0.3) is 0 Å². The lowest BCUT2D eigenvalue weighted by molar-refractivity contribution is -0.385. The Morgan fingerprint density at radius 3 is 2.76 bits per heavy atom. The molecule has 1 aromatic carbocycles. The number of benzene rings is 1. The summed E-state index contributed by atoms with van der Waals surface area (Å²) < 4.78 is 0.495. The minimum Gasteiger partial charge on any atom is -0.321 e. The molecule has 0 aliphatic heterocycles. The Hall–Kier alpha value is -1.70. The number of amides is 1. The third-order valence-electron chi connectivity index (χ3n) is 2.48. The van der Waals surface area contributed by atoms with Crippen LogP contribution in [0.15, 0.2) is 34.9 Å². The minimum atomic E-state index is -0.657. The SMILES string of the molecule is O=C(Nc1cccc(Cl)c1Br)c1cc([N+](=O)[O-])cnc1Cl. The fourth-order valence-corrected chi connectivity index (χ4v) is 2.21. The third-order valence-corrected chi connectivity index (χ3v) is 4.18. The van der Waals surface area contributed by atoms with Gasteiger partial charge in [-0.2, -0.15) is 0 Å². The molecule has 0 saturated heterocycles. The topological polar surface area (TPSA) is 85.1 Å². The maximum Gasteiger partial charge on any atom is 0.288 e. The van der Waals surface area contributed by atoms with Crippen molar-refractivity contribution in [2.45, 2.75) is 0 Å². The van der Waals surface area contributed by atoms with E-state index in [9.17, 15) is 14.9 Å². The van der Waals surface area contributed by atoms with Crippen LogP contribution < -0.4 is 5.32 Å². The van der Waals surface area contributed by atoms with Gasteiger partial charge in [0.25, 0.3) is 11.6 Å². The van der Waals surface area contributed by atoms with Crippen molar-refractivity contribution < 1.29 is 9.72 Å². The van der Waals surface area contributed by atoms with Gasteiger partial charge in [-0.05, 0) is 28.1 Å². The van der Waals surface area contributed by atoms with E-state index in [1.807, 2.05) is 0 Å². The van der Waals surface area contributed by atoms with Crippen molar-refractivity contribution in [3.05, 3.63) is 60.8 Å². The molecule has 0 saturated carbocycles. The molecule has 0 atom stereocenters. The summed E-state index contributed by atoms with van der Waals surface area (Å²) in [5, 5.41) is 13.6. The Kier molecular flexibility index (Phi) is 4.76. The molecule has 1 aromatic heterocycles. The molecule has 0 aliphatic carbocycles. The highest BCUT2D eigenvalue weighted by Gasteiger charge is 2.18. The highest BCUT2D eigenvalue weighted by atomic mass is 79.9. The minimum absolute atomic E-state index is 0.0993. The van der Waals surface area contributed by atoms with Gasteiger partial charge >= 0.3 is 0 Å². The molecular formula is C12H6BrCl2N3O3. The second-order valence-corrected chi connectivity index (χ2v) is 5.40. The molecule has 0 radical (unpaired) electrons. The van der Waals surface area contributed by atoms with E-state index in [1.54, 1.807) is 18.2 Å². The average molecular weight is 391 g/mol. The van der Waals surface area contributed by atoms with Crippen molar-refractivity contribution in [2.24, 2.45) is 0 Å². The van der Waals surface area contributed by atoms with Crippen molar-refractivity contribution in [3.8, 4) is 0 Å². The first-order valence-electron chi connectivity index (χ1n) is 5.45. The normalized spacial score (nSPS) is 10.2. The highest BCUT2D eigenvalue weighted by Crippen LogP contribution is 2.30. The van der Waals surface area contributed by atoms with Gasteiger partial charge in [0.2, 0.25) is 0 Å². The van der Waals surface area contributed by atoms with Gasteiger partial charge < -0.3 is 5.32 Å². The summed E-state index contributed by atoms with van der Waals surface area (Å²) in [5.74, 6) is -0.626. The molecule has 1 N–H and O–H groups in total. The Morgan fingerprint density at radius 1 is 1.38 bits per heavy atom. The summed E-state index contributed by atoms with van der Waals surface area (Å²) in [6.45, 7) is 0. The summed E-state index contributed by atoms with van der Waals surface area (Å²) in [6, 6.07) is 5.97. The Bertz CT molecular complexity index is 740. The molecule has 9 heteroatoms. The first-order chi connectivity index (χ1) is 9.90. The van der Waals surface area contributed by atoms with E-state index in [1.165, 1.54) is 0 Å². The first kappa shape index (κ1) is 15.7. The molecule has 21 heavy (non-hydrogen) atoms. The maximum atomic E-state index is 12.2. The molecule has 1 amide bonds. The van der Waals surface area contributed by atoms with Gasteiger partial charge in [-0.3, -0.25) is 14.9 Å². The van der Waals surface area contributed by atoms with Crippen LogP contribution in [0.2, 0.25) is 10.2 Å². The van der Waals surface area contributed by atoms with Gasteiger partial charge in [-0.1, -0.05) is 29.3 Å². The van der Waals surface area contributed by atoms with Crippen molar-refractivity contribution in [2.75, 3.05) is 5.32 Å². The smallest absolute Gasteiger partial charge is 0.288 e. The highest BCUT2D eigenvalue weighted by molar-refractivity contribution is 9.10. The van der Waals surface area contributed by atoms with E-state index in [0.717, 1.165) is 12.3 Å². The Morgan fingerprint density at radius 2 is 2.10 bits per heavy atom. The lowest BCUT2D eigenvalue weighted by Crippen LogP contribution is -2.14. The fourth-order valence-electron chi connectivity index (χ4n) is 1.49. The molecular weight excluding hydrogens is 385 g/mol. The number of nitrogens with zero attached hydrogens (tertiary/aromatic N) is 2. The molecule has 2 rings (SSSR count). The number of anilines is 1. The zero-order valence-corrected chi connectivity index (χ0v) is 13.2. The van der Waals surface area contributed by atoms with Crippen molar-refractivity contribution in [1.82, 2.24) is 4.98 Å². The van der Waals surface area contributed by atoms with Gasteiger partial charge in [-0.25, -0.2) is 4.98 Å². The van der Waals surface area contributed by atoms with E-state index in [-0.39, 0.29) is 16.4 Å². The number of carbonyl (C=O) groups excluding carboxylic acids is 1. The number of rotatable bonds is 3. The molecule has 1 heterocycles. The number of halogens is 3. The Labute approximate surface area is 137 Å². The van der Waals surface area contributed by atoms with Crippen LogP contribution in [0, 0.1) is 10.1 Å². The van der Waals surface area contributed by atoms with Crippen LogP contribution in [-0.2, 0) is 0 Å². The average Bonchev–Trinajstić information content (AvgIpc) is 2.44. The van der Waals surface area contributed by atoms with E-state index in [4.69, 9.17) is 23.2 Å². The van der Waals surface area contributed by atoms with Crippen molar-refractivity contribution in [1.29, 1.82) is 0 Å². The summed E-state index contributed by atoms with van der Waals surface area (Å²) >= 11 is 15.0. The first-order valence-corrected chi connectivity index (χ1v) is 7.00. The summed E-state index contributed by atoms with van der Waals surface area (Å²) in [4.78, 5) is 25.8. The monoisotopic (exact) mass is 389 g/mol. The number of hydrogen-bond acceptors (Lipinski definition) is 4. The molecule has 0 unspecified atom stereocenters. The molecule has 0 spiro atoms. The second-order valence-electron chi connectivity index (χ2n) is 3.84. The van der Waals surface area contributed by atoms with Gasteiger partial charge in [-0.15, -0.1) is 0 Å². The zero-order chi connectivity index (χ0) is 15.6. The van der Waals surface area contributed by atoms with Crippen molar-refractivity contribution >= 4 is 56.4 Å². The molecule has 108 valence electrons. The summed E-state index contributed by atoms with van der Waals surface area (Å²) in [5.41, 5.74) is -0.0116. The van der Waals surface area contributed by atoms with Crippen LogP contribution in [0.4, 0.5) is 11.4 Å². The van der Waals surface area contributed by atoms with Gasteiger partial charge in [0.1, 0.15) is 11.3 Å². The van der Waals surface area contributed by atoms with Crippen LogP contribution in [0.1, 0.15) is 10.4 Å². The number of nitrogens with one attached hydrogen (secondary N) is 1. The lowest BCUT2D eigenvalue weighted by atomic mass is 10.2. The molecule has 2 aromatic rings. The predicted octanol–water partition coefficient (Wildman–Crippen LogP) is 4.31.